The van der Waals surface area contributed by atoms with Crippen LogP contribution in [-0.4, -0.2) is 25.2 Å². The van der Waals surface area contributed by atoms with Gasteiger partial charge in [-0.25, -0.2) is 0 Å². The molecule has 3 rings (SSSR count). The standard InChI is InChI=1S/C20H19N3O4/c1-14(24)23(17-5-2-15(11-21)3-6-17)9-8-20(25)22-12-16-4-7-18-19(10-16)27-13-26-18/h2-7,10H,8-9,12-13H2,1H3,(H,22,25). The molecule has 1 aliphatic heterocycles. The molecule has 7 nitrogen and oxygen atoms in total. The molecule has 27 heavy (non-hydrogen) atoms. The zero-order valence-corrected chi connectivity index (χ0v) is 14.9. The van der Waals surface area contributed by atoms with Gasteiger partial charge in [0.05, 0.1) is 11.6 Å². The Bertz CT molecular complexity index is 887. The van der Waals surface area contributed by atoms with Crippen LogP contribution in [0.25, 0.3) is 0 Å². The molecule has 0 spiro atoms. The van der Waals surface area contributed by atoms with Crippen LogP contribution in [0.5, 0.6) is 11.5 Å². The number of nitrogens with one attached hydrogen (secondary N) is 1. The number of ether oxygens (including phenoxy) is 2. The van der Waals surface area contributed by atoms with Gasteiger partial charge in [-0.2, -0.15) is 5.26 Å². The van der Waals surface area contributed by atoms with Gasteiger partial charge in [0.15, 0.2) is 11.5 Å². The second-order valence-electron chi connectivity index (χ2n) is 6.04. The summed E-state index contributed by atoms with van der Waals surface area (Å²) in [6.07, 6.45) is 0.171. The Kier molecular flexibility index (Phi) is 5.57. The molecule has 0 radical (unpaired) electrons. The van der Waals surface area contributed by atoms with Crippen LogP contribution in [0.15, 0.2) is 42.5 Å². The molecule has 0 bridgehead atoms. The van der Waals surface area contributed by atoms with Gasteiger partial charge in [0.25, 0.3) is 0 Å². The van der Waals surface area contributed by atoms with Crippen molar-refractivity contribution in [3.63, 3.8) is 0 Å². The summed E-state index contributed by atoms with van der Waals surface area (Å²) in [5.74, 6) is 1.05. The van der Waals surface area contributed by atoms with Gasteiger partial charge in [-0.3, -0.25) is 9.59 Å². The van der Waals surface area contributed by atoms with Crippen LogP contribution in [0, 0.1) is 11.3 Å². The lowest BCUT2D eigenvalue weighted by Crippen LogP contribution is -2.33. The van der Waals surface area contributed by atoms with Crippen molar-refractivity contribution in [2.45, 2.75) is 19.9 Å². The molecule has 2 amide bonds. The number of nitrogens with zero attached hydrogens (tertiary/aromatic N) is 2. The molecular weight excluding hydrogens is 346 g/mol. The zero-order chi connectivity index (χ0) is 19.2. The van der Waals surface area contributed by atoms with Crippen molar-refractivity contribution in [2.75, 3.05) is 18.2 Å². The first-order valence-corrected chi connectivity index (χ1v) is 8.50. The number of nitriles is 1. The van der Waals surface area contributed by atoms with Crippen molar-refractivity contribution >= 4 is 17.5 Å². The molecule has 1 aliphatic rings. The highest BCUT2D eigenvalue weighted by atomic mass is 16.7. The highest BCUT2D eigenvalue weighted by Gasteiger charge is 2.15. The Balaban J connectivity index is 1.53. The fourth-order valence-corrected chi connectivity index (χ4v) is 2.74. The third kappa shape index (κ3) is 4.55. The minimum Gasteiger partial charge on any atom is -0.454 e. The lowest BCUT2D eigenvalue weighted by atomic mass is 10.2. The van der Waals surface area contributed by atoms with Gasteiger partial charge in [-0.15, -0.1) is 0 Å². The first-order valence-electron chi connectivity index (χ1n) is 8.50. The van der Waals surface area contributed by atoms with E-state index in [-0.39, 0.29) is 31.6 Å². The summed E-state index contributed by atoms with van der Waals surface area (Å²) >= 11 is 0. The maximum absolute atomic E-state index is 12.2. The average molecular weight is 365 g/mol. The zero-order valence-electron chi connectivity index (χ0n) is 14.9. The van der Waals surface area contributed by atoms with Gasteiger partial charge < -0.3 is 19.7 Å². The fraction of sp³-hybridized carbons (Fsp3) is 0.250. The first kappa shape index (κ1) is 18.3. The summed E-state index contributed by atoms with van der Waals surface area (Å²) < 4.78 is 10.6. The van der Waals surface area contributed by atoms with E-state index in [2.05, 4.69) is 5.32 Å². The molecular formula is C20H19N3O4. The number of carbonyl (C=O) groups excluding carboxylic acids is 2. The van der Waals surface area contributed by atoms with Crippen LogP contribution in [-0.2, 0) is 16.1 Å². The molecule has 0 fully saturated rings. The third-order valence-electron chi connectivity index (χ3n) is 4.18. The van der Waals surface area contributed by atoms with E-state index in [4.69, 9.17) is 14.7 Å². The van der Waals surface area contributed by atoms with Gasteiger partial charge in [-0.1, -0.05) is 6.07 Å². The van der Waals surface area contributed by atoms with Crippen molar-refractivity contribution in [3.05, 3.63) is 53.6 Å². The number of benzene rings is 2. The van der Waals surface area contributed by atoms with E-state index in [1.165, 1.54) is 11.8 Å². The molecule has 1 N–H and O–H groups in total. The number of anilines is 1. The van der Waals surface area contributed by atoms with Crippen LogP contribution < -0.4 is 19.7 Å². The average Bonchev–Trinajstić information content (AvgIpc) is 3.14. The number of rotatable bonds is 6. The number of fused-ring (bicyclic) bond motifs is 1. The molecule has 0 atom stereocenters. The maximum Gasteiger partial charge on any atom is 0.231 e. The second kappa shape index (κ2) is 8.23. The summed E-state index contributed by atoms with van der Waals surface area (Å²) in [5, 5.41) is 11.7. The minimum absolute atomic E-state index is 0.160. The Morgan fingerprint density at radius 3 is 2.59 bits per heavy atom. The van der Waals surface area contributed by atoms with Crippen LogP contribution in [0.2, 0.25) is 0 Å². The fourth-order valence-electron chi connectivity index (χ4n) is 2.74. The number of hydrogen-bond donors (Lipinski definition) is 1. The monoisotopic (exact) mass is 365 g/mol. The number of amides is 2. The van der Waals surface area contributed by atoms with Gasteiger partial charge >= 0.3 is 0 Å². The van der Waals surface area contributed by atoms with Crippen LogP contribution in [0.4, 0.5) is 5.69 Å². The Morgan fingerprint density at radius 1 is 1.15 bits per heavy atom. The molecule has 0 saturated heterocycles. The smallest absolute Gasteiger partial charge is 0.231 e. The molecule has 0 aromatic heterocycles. The molecule has 0 saturated carbocycles. The topological polar surface area (TPSA) is 91.7 Å². The Labute approximate surface area is 157 Å². The SMILES string of the molecule is CC(=O)N(CCC(=O)NCc1ccc2c(c1)OCO2)c1ccc(C#N)cc1. The second-order valence-corrected chi connectivity index (χ2v) is 6.04. The lowest BCUT2D eigenvalue weighted by molar-refractivity contribution is -0.121. The van der Waals surface area contributed by atoms with Crippen molar-refractivity contribution < 1.29 is 19.1 Å². The molecule has 0 aliphatic carbocycles. The van der Waals surface area contributed by atoms with Gasteiger partial charge in [0, 0.05) is 32.1 Å². The van der Waals surface area contributed by atoms with Crippen molar-refractivity contribution in [2.24, 2.45) is 0 Å². The predicted molar refractivity (Wildman–Crippen MR) is 98.2 cm³/mol. The molecule has 7 heteroatoms. The minimum atomic E-state index is -0.164. The van der Waals surface area contributed by atoms with E-state index in [0.717, 1.165) is 5.56 Å². The van der Waals surface area contributed by atoms with E-state index in [1.807, 2.05) is 24.3 Å². The van der Waals surface area contributed by atoms with Gasteiger partial charge in [0.2, 0.25) is 18.6 Å². The van der Waals surface area contributed by atoms with Crippen LogP contribution in [0.1, 0.15) is 24.5 Å². The Hall–Kier alpha value is -3.53. The first-order chi connectivity index (χ1) is 13.1. The van der Waals surface area contributed by atoms with Crippen molar-refractivity contribution in [1.29, 1.82) is 5.26 Å². The van der Waals surface area contributed by atoms with Gasteiger partial charge in [-0.05, 0) is 42.0 Å². The van der Waals surface area contributed by atoms with E-state index in [0.29, 0.717) is 29.3 Å². The Morgan fingerprint density at radius 2 is 1.89 bits per heavy atom. The number of hydrogen-bond acceptors (Lipinski definition) is 5. The van der Waals surface area contributed by atoms with E-state index in [9.17, 15) is 9.59 Å². The number of carbonyl (C=O) groups is 2. The van der Waals surface area contributed by atoms with E-state index in [1.54, 1.807) is 24.3 Å². The summed E-state index contributed by atoms with van der Waals surface area (Å²) in [6.45, 7) is 2.28. The molecule has 0 unspecified atom stereocenters. The van der Waals surface area contributed by atoms with Gasteiger partial charge in [0.1, 0.15) is 0 Å². The lowest BCUT2D eigenvalue weighted by Gasteiger charge is -2.21. The van der Waals surface area contributed by atoms with Crippen LogP contribution in [0.3, 0.4) is 0 Å². The molecule has 138 valence electrons. The largest absolute Gasteiger partial charge is 0.454 e. The summed E-state index contributed by atoms with van der Waals surface area (Å²) in [7, 11) is 0. The molecule has 2 aromatic carbocycles. The predicted octanol–water partition coefficient (Wildman–Crippen LogP) is 2.35. The van der Waals surface area contributed by atoms with Crippen molar-refractivity contribution in [3.8, 4) is 17.6 Å². The summed E-state index contributed by atoms with van der Waals surface area (Å²) in [4.78, 5) is 25.6. The summed E-state index contributed by atoms with van der Waals surface area (Å²) in [5.41, 5.74) is 2.08. The molecule has 2 aromatic rings. The van der Waals surface area contributed by atoms with E-state index < -0.39 is 0 Å². The highest BCUT2D eigenvalue weighted by Crippen LogP contribution is 2.32. The van der Waals surface area contributed by atoms with E-state index >= 15 is 0 Å². The summed E-state index contributed by atoms with van der Waals surface area (Å²) in [6, 6.07) is 14.2. The highest BCUT2D eigenvalue weighted by molar-refractivity contribution is 5.92. The molecule has 1 heterocycles. The van der Waals surface area contributed by atoms with Crippen molar-refractivity contribution in [1.82, 2.24) is 5.32 Å². The van der Waals surface area contributed by atoms with Crippen LogP contribution >= 0.6 is 0 Å². The quantitative estimate of drug-likeness (QED) is 0.848. The third-order valence-corrected chi connectivity index (χ3v) is 4.18. The normalized spacial score (nSPS) is 11.6. The maximum atomic E-state index is 12.2.